The van der Waals surface area contributed by atoms with Gasteiger partial charge in [-0.3, -0.25) is 0 Å². The van der Waals surface area contributed by atoms with E-state index in [9.17, 15) is 0 Å². The van der Waals surface area contributed by atoms with Crippen LogP contribution in [0.4, 0.5) is 0 Å². The van der Waals surface area contributed by atoms with Crippen LogP contribution in [0.3, 0.4) is 0 Å². The van der Waals surface area contributed by atoms with Crippen LogP contribution in [-0.4, -0.2) is 28.5 Å². The van der Waals surface area contributed by atoms with E-state index in [1.807, 2.05) is 6.92 Å². The van der Waals surface area contributed by atoms with Crippen molar-refractivity contribution in [1.29, 1.82) is 0 Å². The third kappa shape index (κ3) is 2.99. The van der Waals surface area contributed by atoms with Gasteiger partial charge in [0.2, 0.25) is 0 Å². The van der Waals surface area contributed by atoms with Gasteiger partial charge >= 0.3 is 0 Å². The van der Waals surface area contributed by atoms with Crippen molar-refractivity contribution in [3.8, 4) is 11.5 Å². The second kappa shape index (κ2) is 5.50. The molecular formula is C12H18N4O3. The highest BCUT2D eigenvalue weighted by molar-refractivity contribution is 5.53. The molecule has 1 atom stereocenters. The van der Waals surface area contributed by atoms with E-state index in [4.69, 9.17) is 19.5 Å². The molecule has 1 unspecified atom stereocenters. The highest BCUT2D eigenvalue weighted by Crippen LogP contribution is 2.23. The molecule has 2 N–H and O–H groups in total. The summed E-state index contributed by atoms with van der Waals surface area (Å²) >= 11 is 0. The topological polar surface area (TPSA) is 100 Å². The maximum atomic E-state index is 6.13. The zero-order valence-corrected chi connectivity index (χ0v) is 11.3. The number of nitrogens with two attached hydrogens (primary N) is 1. The van der Waals surface area contributed by atoms with Crippen molar-refractivity contribution in [3.63, 3.8) is 0 Å². The molecule has 0 aliphatic carbocycles. The van der Waals surface area contributed by atoms with Crippen molar-refractivity contribution >= 4 is 0 Å². The molecule has 2 aromatic heterocycles. The lowest BCUT2D eigenvalue weighted by Crippen LogP contribution is -2.39. The van der Waals surface area contributed by atoms with Crippen LogP contribution >= 0.6 is 0 Å². The molecule has 19 heavy (non-hydrogen) atoms. The summed E-state index contributed by atoms with van der Waals surface area (Å²) in [7, 11) is 0. The minimum atomic E-state index is -0.790. The van der Waals surface area contributed by atoms with Crippen LogP contribution < -0.4 is 5.73 Å². The van der Waals surface area contributed by atoms with Gasteiger partial charge in [0.25, 0.3) is 5.89 Å². The predicted molar refractivity (Wildman–Crippen MR) is 67.2 cm³/mol. The minimum absolute atomic E-state index is 0.336. The second-order valence-electron chi connectivity index (χ2n) is 4.69. The molecule has 0 aliphatic heterocycles. The lowest BCUT2D eigenvalue weighted by Gasteiger charge is -2.19. The molecule has 2 heterocycles. The number of hydrogen-bond donors (Lipinski definition) is 1. The number of ether oxygens (including phenoxy) is 1. The fourth-order valence-electron chi connectivity index (χ4n) is 1.56. The largest absolute Gasteiger partial charge is 0.379 e. The Morgan fingerprint density at radius 3 is 2.84 bits per heavy atom. The van der Waals surface area contributed by atoms with Gasteiger partial charge in [0, 0.05) is 6.61 Å². The van der Waals surface area contributed by atoms with Crippen molar-refractivity contribution < 1.29 is 13.8 Å². The maximum absolute atomic E-state index is 6.13. The van der Waals surface area contributed by atoms with Crippen molar-refractivity contribution in [1.82, 2.24) is 15.3 Å². The third-order valence-electron chi connectivity index (χ3n) is 2.67. The molecule has 0 spiro atoms. The molecule has 2 rings (SSSR count). The standard InChI is InChI=1S/C12H18N4O3/c1-4-5-17-7-12(3,13)11-15-10(19-16-11)9-6-14-18-8(9)2/h6H,4-5,7,13H2,1-3H3. The van der Waals surface area contributed by atoms with Gasteiger partial charge in [-0.2, -0.15) is 4.98 Å². The Hall–Kier alpha value is -1.73. The Bertz CT molecular complexity index is 533. The zero-order valence-electron chi connectivity index (χ0n) is 11.3. The molecule has 0 fully saturated rings. The highest BCUT2D eigenvalue weighted by atomic mass is 16.5. The van der Waals surface area contributed by atoms with Crippen molar-refractivity contribution in [2.75, 3.05) is 13.2 Å². The molecule has 0 saturated carbocycles. The molecule has 104 valence electrons. The molecule has 7 nitrogen and oxygen atoms in total. The average Bonchev–Trinajstić information content (AvgIpc) is 2.97. The van der Waals surface area contributed by atoms with Gasteiger partial charge in [-0.15, -0.1) is 0 Å². The summed E-state index contributed by atoms with van der Waals surface area (Å²) in [6.45, 7) is 6.61. The summed E-state index contributed by atoms with van der Waals surface area (Å²) in [5.74, 6) is 1.37. The number of nitrogens with zero attached hydrogens (tertiary/aromatic N) is 3. The van der Waals surface area contributed by atoms with Crippen LogP contribution in [0.5, 0.6) is 0 Å². The smallest absolute Gasteiger partial charge is 0.263 e. The van der Waals surface area contributed by atoms with Gasteiger partial charge in [-0.1, -0.05) is 17.2 Å². The monoisotopic (exact) mass is 266 g/mol. The molecule has 0 bridgehead atoms. The van der Waals surface area contributed by atoms with Crippen LogP contribution in [0.15, 0.2) is 15.2 Å². The van der Waals surface area contributed by atoms with Gasteiger partial charge in [-0.25, -0.2) is 0 Å². The average molecular weight is 266 g/mol. The van der Waals surface area contributed by atoms with Crippen molar-refractivity contribution in [2.24, 2.45) is 5.73 Å². The Morgan fingerprint density at radius 2 is 2.21 bits per heavy atom. The van der Waals surface area contributed by atoms with E-state index in [2.05, 4.69) is 15.3 Å². The summed E-state index contributed by atoms with van der Waals surface area (Å²) in [6.07, 6.45) is 2.47. The molecule has 0 radical (unpaired) electrons. The third-order valence-corrected chi connectivity index (χ3v) is 2.67. The number of rotatable bonds is 6. The second-order valence-corrected chi connectivity index (χ2v) is 4.69. The molecule has 2 aromatic rings. The van der Waals surface area contributed by atoms with Crippen molar-refractivity contribution in [3.05, 3.63) is 17.8 Å². The Kier molecular flexibility index (Phi) is 3.96. The summed E-state index contributed by atoms with van der Waals surface area (Å²) in [4.78, 5) is 4.28. The van der Waals surface area contributed by atoms with Crippen LogP contribution in [0, 0.1) is 6.92 Å². The number of hydrogen-bond acceptors (Lipinski definition) is 7. The fraction of sp³-hybridized carbons (Fsp3) is 0.583. The Balaban J connectivity index is 2.14. The van der Waals surface area contributed by atoms with Gasteiger partial charge in [0.05, 0.1) is 12.8 Å². The quantitative estimate of drug-likeness (QED) is 0.793. The molecule has 0 amide bonds. The minimum Gasteiger partial charge on any atom is -0.379 e. The van der Waals surface area contributed by atoms with Gasteiger partial charge in [0.1, 0.15) is 16.9 Å². The first-order valence-electron chi connectivity index (χ1n) is 6.17. The first-order valence-corrected chi connectivity index (χ1v) is 6.17. The van der Waals surface area contributed by atoms with Gasteiger partial charge in [-0.05, 0) is 20.3 Å². The zero-order chi connectivity index (χ0) is 13.9. The lowest BCUT2D eigenvalue weighted by molar-refractivity contribution is 0.0867. The first-order chi connectivity index (χ1) is 9.04. The fourth-order valence-corrected chi connectivity index (χ4v) is 1.56. The molecule has 0 aromatic carbocycles. The highest BCUT2D eigenvalue weighted by Gasteiger charge is 2.28. The van der Waals surface area contributed by atoms with Crippen LogP contribution in [-0.2, 0) is 10.3 Å². The normalized spacial score (nSPS) is 14.5. The van der Waals surface area contributed by atoms with E-state index in [-0.39, 0.29) is 0 Å². The first kappa shape index (κ1) is 13.7. The molecular weight excluding hydrogens is 248 g/mol. The number of aryl methyl sites for hydroxylation is 1. The van der Waals surface area contributed by atoms with Gasteiger partial charge in [0.15, 0.2) is 5.82 Å². The van der Waals surface area contributed by atoms with Crippen LogP contribution in [0.1, 0.15) is 31.9 Å². The lowest BCUT2D eigenvalue weighted by atomic mass is 10.1. The molecule has 0 aliphatic rings. The molecule has 0 saturated heterocycles. The van der Waals surface area contributed by atoms with Gasteiger partial charge < -0.3 is 19.5 Å². The van der Waals surface area contributed by atoms with E-state index in [1.54, 1.807) is 13.8 Å². The summed E-state index contributed by atoms with van der Waals surface area (Å²) in [5.41, 5.74) is 6.02. The van der Waals surface area contributed by atoms with E-state index in [1.165, 1.54) is 6.20 Å². The SMILES string of the molecule is CCCOCC(C)(N)c1noc(-c2cnoc2C)n1. The summed E-state index contributed by atoms with van der Waals surface area (Å²) < 4.78 is 15.6. The maximum Gasteiger partial charge on any atom is 0.263 e. The summed E-state index contributed by atoms with van der Waals surface area (Å²) in [6, 6.07) is 0. The van der Waals surface area contributed by atoms with E-state index >= 15 is 0 Å². The van der Waals surface area contributed by atoms with E-state index in [0.29, 0.717) is 36.3 Å². The van der Waals surface area contributed by atoms with E-state index < -0.39 is 5.54 Å². The number of aromatic nitrogens is 3. The van der Waals surface area contributed by atoms with Crippen LogP contribution in [0.25, 0.3) is 11.5 Å². The van der Waals surface area contributed by atoms with Crippen molar-refractivity contribution in [2.45, 2.75) is 32.7 Å². The van der Waals surface area contributed by atoms with E-state index in [0.717, 1.165) is 6.42 Å². The van der Waals surface area contributed by atoms with Crippen LogP contribution in [0.2, 0.25) is 0 Å². The predicted octanol–water partition coefficient (Wildman–Crippen LogP) is 1.63. The Morgan fingerprint density at radius 1 is 1.42 bits per heavy atom. The summed E-state index contributed by atoms with van der Waals surface area (Å²) in [5, 5.41) is 7.57. The molecule has 7 heteroatoms. The Labute approximate surface area is 111 Å².